The number of amides is 2. The first-order valence-corrected chi connectivity index (χ1v) is 11.6. The molecule has 2 aliphatic rings. The normalized spacial score (nSPS) is 17.6. The number of carbonyl (C=O) groups is 3. The summed E-state index contributed by atoms with van der Waals surface area (Å²) in [6.45, 7) is 2.17. The predicted octanol–water partition coefficient (Wildman–Crippen LogP) is 4.25. The molecule has 0 spiro atoms. The van der Waals surface area contributed by atoms with Crippen molar-refractivity contribution >= 4 is 29.2 Å². The molecule has 0 radical (unpaired) electrons. The quantitative estimate of drug-likeness (QED) is 0.501. The lowest BCUT2D eigenvalue weighted by atomic mass is 10.0. The Morgan fingerprint density at radius 3 is 2.66 bits per heavy atom. The second-order valence-corrected chi connectivity index (χ2v) is 8.66. The molecular formula is C27H25N3O5. The molecule has 3 aromatic rings. The Morgan fingerprint density at radius 2 is 1.94 bits per heavy atom. The van der Waals surface area contributed by atoms with Crippen molar-refractivity contribution in [3.8, 4) is 0 Å². The second-order valence-electron chi connectivity index (χ2n) is 8.66. The van der Waals surface area contributed by atoms with E-state index in [1.165, 1.54) is 5.01 Å². The van der Waals surface area contributed by atoms with Crippen LogP contribution in [0.2, 0.25) is 0 Å². The summed E-state index contributed by atoms with van der Waals surface area (Å²) in [5, 5.41) is 5.89. The lowest BCUT2D eigenvalue weighted by Crippen LogP contribution is -2.31. The molecule has 8 nitrogen and oxygen atoms in total. The van der Waals surface area contributed by atoms with Gasteiger partial charge in [-0.3, -0.25) is 9.59 Å². The molecule has 2 amide bonds. The van der Waals surface area contributed by atoms with Crippen LogP contribution in [0.5, 0.6) is 0 Å². The Balaban J connectivity index is 1.30. The number of rotatable bonds is 6. The molecular weight excluding hydrogens is 446 g/mol. The van der Waals surface area contributed by atoms with E-state index in [1.54, 1.807) is 47.6 Å². The van der Waals surface area contributed by atoms with Gasteiger partial charge in [0.25, 0.3) is 5.91 Å². The average molecular weight is 472 g/mol. The van der Waals surface area contributed by atoms with Gasteiger partial charge >= 0.3 is 5.97 Å². The van der Waals surface area contributed by atoms with Crippen LogP contribution in [0.4, 0.5) is 5.69 Å². The lowest BCUT2D eigenvalue weighted by molar-refractivity contribution is -0.136. The van der Waals surface area contributed by atoms with Crippen LogP contribution in [-0.4, -0.2) is 41.7 Å². The van der Waals surface area contributed by atoms with Gasteiger partial charge < -0.3 is 14.1 Å². The Bertz CT molecular complexity index is 1280. The highest BCUT2D eigenvalue weighted by molar-refractivity contribution is 6.03. The van der Waals surface area contributed by atoms with Gasteiger partial charge in [0.15, 0.2) is 6.61 Å². The van der Waals surface area contributed by atoms with Crippen LogP contribution in [0, 0.1) is 6.92 Å². The highest BCUT2D eigenvalue weighted by atomic mass is 16.5. The van der Waals surface area contributed by atoms with E-state index in [9.17, 15) is 14.4 Å². The van der Waals surface area contributed by atoms with E-state index < -0.39 is 24.5 Å². The maximum atomic E-state index is 13.1. The largest absolute Gasteiger partial charge is 0.467 e. The lowest BCUT2D eigenvalue weighted by Gasteiger charge is -2.20. The number of aryl methyl sites for hydroxylation is 1. The van der Waals surface area contributed by atoms with Crippen LogP contribution >= 0.6 is 0 Å². The third-order valence-electron chi connectivity index (χ3n) is 6.22. The molecule has 3 heterocycles. The first-order chi connectivity index (χ1) is 17.0. The molecule has 35 heavy (non-hydrogen) atoms. The molecule has 1 saturated heterocycles. The Hall–Kier alpha value is -4.20. The number of ether oxygens (including phenoxy) is 1. The Morgan fingerprint density at radius 1 is 1.11 bits per heavy atom. The summed E-state index contributed by atoms with van der Waals surface area (Å²) >= 11 is 0. The number of nitrogens with zero attached hydrogens (tertiary/aromatic N) is 3. The van der Waals surface area contributed by atoms with Crippen molar-refractivity contribution in [2.45, 2.75) is 32.2 Å². The fourth-order valence-electron chi connectivity index (χ4n) is 4.36. The summed E-state index contributed by atoms with van der Waals surface area (Å²) < 4.78 is 10.9. The van der Waals surface area contributed by atoms with Gasteiger partial charge in [0, 0.05) is 25.1 Å². The summed E-state index contributed by atoms with van der Waals surface area (Å²) in [6, 6.07) is 17.8. The topological polar surface area (TPSA) is 92.4 Å². The number of benzene rings is 2. The smallest absolute Gasteiger partial charge is 0.338 e. The van der Waals surface area contributed by atoms with Gasteiger partial charge in [-0.2, -0.15) is 5.10 Å². The average Bonchev–Trinajstić information content (AvgIpc) is 3.63. The van der Waals surface area contributed by atoms with Crippen LogP contribution in [0.15, 0.2) is 76.4 Å². The van der Waals surface area contributed by atoms with E-state index in [1.807, 2.05) is 31.2 Å². The minimum atomic E-state index is -0.636. The van der Waals surface area contributed by atoms with Crippen LogP contribution in [0.3, 0.4) is 0 Å². The van der Waals surface area contributed by atoms with Crippen molar-refractivity contribution in [1.29, 1.82) is 0 Å². The zero-order valence-corrected chi connectivity index (χ0v) is 19.3. The summed E-state index contributed by atoms with van der Waals surface area (Å²) in [4.78, 5) is 39.5. The molecule has 0 aliphatic carbocycles. The molecule has 5 rings (SSSR count). The molecule has 2 aromatic carbocycles. The number of hydrogen-bond acceptors (Lipinski definition) is 6. The van der Waals surface area contributed by atoms with Gasteiger partial charge in [-0.15, -0.1) is 0 Å². The monoisotopic (exact) mass is 471 g/mol. The number of furan rings is 1. The van der Waals surface area contributed by atoms with Gasteiger partial charge in [-0.1, -0.05) is 35.9 Å². The Labute approximate surface area is 202 Å². The number of carbonyl (C=O) groups excluding carboxylic acids is 3. The summed E-state index contributed by atoms with van der Waals surface area (Å²) in [5.74, 6) is -0.444. The number of hydrogen-bond donors (Lipinski definition) is 0. The fraction of sp³-hybridized carbons (Fsp3) is 0.259. The molecule has 0 saturated carbocycles. The number of hydrazone groups is 1. The maximum Gasteiger partial charge on any atom is 0.338 e. The van der Waals surface area contributed by atoms with Crippen molar-refractivity contribution < 1.29 is 23.5 Å². The van der Waals surface area contributed by atoms with Crippen molar-refractivity contribution in [1.82, 2.24) is 5.01 Å². The number of anilines is 1. The SMILES string of the molecule is Cc1ccc(C2=NN(C(=O)COC(=O)c3cccc(N4CCCC4=O)c3)C(c3ccco3)C2)cc1. The first kappa shape index (κ1) is 22.6. The molecule has 1 unspecified atom stereocenters. The molecule has 178 valence electrons. The molecule has 8 heteroatoms. The van der Waals surface area contributed by atoms with Crippen LogP contribution in [0.25, 0.3) is 0 Å². The van der Waals surface area contributed by atoms with Crippen LogP contribution in [0.1, 0.15) is 52.5 Å². The zero-order valence-electron chi connectivity index (χ0n) is 19.3. The third kappa shape index (κ3) is 4.73. The molecule has 2 aliphatic heterocycles. The van der Waals surface area contributed by atoms with Crippen molar-refractivity contribution in [3.63, 3.8) is 0 Å². The molecule has 0 bridgehead atoms. The van der Waals surface area contributed by atoms with Crippen molar-refractivity contribution in [2.24, 2.45) is 5.10 Å². The van der Waals surface area contributed by atoms with E-state index in [2.05, 4.69) is 5.10 Å². The second kappa shape index (κ2) is 9.58. The molecule has 1 atom stereocenters. The molecule has 1 fully saturated rings. The van der Waals surface area contributed by atoms with E-state index in [0.29, 0.717) is 30.8 Å². The van der Waals surface area contributed by atoms with Crippen molar-refractivity contribution in [2.75, 3.05) is 18.1 Å². The van der Waals surface area contributed by atoms with E-state index in [4.69, 9.17) is 9.15 Å². The third-order valence-corrected chi connectivity index (χ3v) is 6.22. The maximum absolute atomic E-state index is 13.1. The Kier molecular flexibility index (Phi) is 6.18. The van der Waals surface area contributed by atoms with Gasteiger partial charge in [0.1, 0.15) is 11.8 Å². The van der Waals surface area contributed by atoms with Gasteiger partial charge in [-0.05, 0) is 49.2 Å². The van der Waals surface area contributed by atoms with Gasteiger partial charge in [-0.25, -0.2) is 9.80 Å². The standard InChI is InChI=1S/C27H25N3O5/c1-18-9-11-19(12-10-18)22-16-23(24-7-4-14-34-24)30(28-22)26(32)17-35-27(33)20-5-2-6-21(15-20)29-13-3-8-25(29)31/h2,4-7,9-12,14-15,23H,3,8,13,16-17H2,1H3. The van der Waals surface area contributed by atoms with E-state index in [0.717, 1.165) is 23.3 Å². The summed E-state index contributed by atoms with van der Waals surface area (Å²) in [7, 11) is 0. The van der Waals surface area contributed by atoms with Crippen LogP contribution < -0.4 is 4.90 Å². The van der Waals surface area contributed by atoms with E-state index >= 15 is 0 Å². The number of esters is 1. The first-order valence-electron chi connectivity index (χ1n) is 11.6. The summed E-state index contributed by atoms with van der Waals surface area (Å²) in [5.41, 5.74) is 3.75. The van der Waals surface area contributed by atoms with Crippen molar-refractivity contribution in [3.05, 3.63) is 89.4 Å². The highest BCUT2D eigenvalue weighted by Crippen LogP contribution is 2.33. The van der Waals surface area contributed by atoms with E-state index in [-0.39, 0.29) is 11.5 Å². The summed E-state index contributed by atoms with van der Waals surface area (Å²) in [6.07, 6.45) is 3.34. The fourth-order valence-corrected chi connectivity index (χ4v) is 4.36. The predicted molar refractivity (Wildman–Crippen MR) is 129 cm³/mol. The zero-order chi connectivity index (χ0) is 24.4. The highest BCUT2D eigenvalue weighted by Gasteiger charge is 2.35. The molecule has 0 N–H and O–H groups in total. The van der Waals surface area contributed by atoms with Crippen LogP contribution in [-0.2, 0) is 14.3 Å². The minimum absolute atomic E-state index is 0.0333. The molecule has 1 aromatic heterocycles. The van der Waals surface area contributed by atoms with Gasteiger partial charge in [0.2, 0.25) is 5.91 Å². The minimum Gasteiger partial charge on any atom is -0.467 e. The van der Waals surface area contributed by atoms with Gasteiger partial charge in [0.05, 0.1) is 17.5 Å².